The molecule has 0 spiro atoms. The molecule has 0 amide bonds. The van der Waals surface area contributed by atoms with Crippen molar-refractivity contribution in [2.24, 2.45) is 0 Å². The minimum atomic E-state index is -3.72. The molecule has 7 heteroatoms. The molecule has 0 unspecified atom stereocenters. The van der Waals surface area contributed by atoms with Crippen LogP contribution in [0.5, 0.6) is 11.5 Å². The van der Waals surface area contributed by atoms with E-state index in [9.17, 15) is 8.42 Å². The van der Waals surface area contributed by atoms with Gasteiger partial charge in [0, 0.05) is 16.2 Å². The third-order valence-corrected chi connectivity index (χ3v) is 5.53. The molecule has 0 radical (unpaired) electrons. The van der Waals surface area contributed by atoms with Crippen molar-refractivity contribution in [1.29, 1.82) is 0 Å². The molecule has 1 heterocycles. The maximum Gasteiger partial charge on any atom is 0.263 e. The number of hydrogen-bond acceptors (Lipinski definition) is 4. The topological polar surface area (TPSA) is 64.6 Å². The van der Waals surface area contributed by atoms with Gasteiger partial charge in [0.05, 0.1) is 0 Å². The molecule has 1 aliphatic rings. The molecule has 0 aliphatic carbocycles. The van der Waals surface area contributed by atoms with Crippen LogP contribution in [0.1, 0.15) is 5.56 Å². The summed E-state index contributed by atoms with van der Waals surface area (Å²) in [5, 5.41) is 0. The average Bonchev–Trinajstić information content (AvgIpc) is 2.48. The van der Waals surface area contributed by atoms with Gasteiger partial charge in [0.25, 0.3) is 10.0 Å². The Bertz CT molecular complexity index is 803. The number of ether oxygens (including phenoxy) is 2. The van der Waals surface area contributed by atoms with Crippen LogP contribution < -0.4 is 14.2 Å². The van der Waals surface area contributed by atoms with Crippen LogP contribution in [0.3, 0.4) is 0 Å². The molecule has 0 bridgehead atoms. The number of benzene rings is 2. The smallest absolute Gasteiger partial charge is 0.263 e. The molecule has 0 saturated carbocycles. The zero-order chi connectivity index (χ0) is 15.7. The second-order valence-electron chi connectivity index (χ2n) is 4.90. The summed E-state index contributed by atoms with van der Waals surface area (Å²) < 4.78 is 39.0. The Morgan fingerprint density at radius 3 is 2.27 bits per heavy atom. The normalized spacial score (nSPS) is 13.7. The number of hydrogen-bond donors (Lipinski definition) is 1. The molecule has 116 valence electrons. The van der Waals surface area contributed by atoms with Crippen molar-refractivity contribution in [2.75, 3.05) is 17.9 Å². The summed E-state index contributed by atoms with van der Waals surface area (Å²) in [6.07, 6.45) is 0. The second-order valence-corrected chi connectivity index (χ2v) is 7.40. The number of anilines is 1. The first-order valence-electron chi connectivity index (χ1n) is 6.64. The van der Waals surface area contributed by atoms with Gasteiger partial charge in [-0.2, -0.15) is 0 Å². The van der Waals surface area contributed by atoms with Crippen molar-refractivity contribution >= 4 is 31.6 Å². The summed E-state index contributed by atoms with van der Waals surface area (Å²) >= 11 is 3.28. The van der Waals surface area contributed by atoms with E-state index in [1.54, 1.807) is 18.2 Å². The summed E-state index contributed by atoms with van der Waals surface area (Å²) in [5.74, 6) is 0.964. The van der Waals surface area contributed by atoms with Gasteiger partial charge in [-0.05, 0) is 41.1 Å². The van der Waals surface area contributed by atoms with Crippen LogP contribution in [0, 0.1) is 6.92 Å². The number of rotatable bonds is 3. The summed E-state index contributed by atoms with van der Waals surface area (Å²) in [5.41, 5.74) is 1.57. The molecular formula is C15H14BrNO4S. The maximum absolute atomic E-state index is 12.6. The molecule has 22 heavy (non-hydrogen) atoms. The van der Waals surface area contributed by atoms with E-state index >= 15 is 0 Å². The first-order chi connectivity index (χ1) is 10.5. The van der Waals surface area contributed by atoms with E-state index in [1.165, 1.54) is 6.07 Å². The number of sulfonamides is 1. The van der Waals surface area contributed by atoms with Crippen molar-refractivity contribution in [1.82, 2.24) is 0 Å². The number of aryl methyl sites for hydroxylation is 1. The highest BCUT2D eigenvalue weighted by Crippen LogP contribution is 2.37. The Labute approximate surface area is 137 Å². The number of halogens is 1. The molecule has 3 rings (SSSR count). The van der Waals surface area contributed by atoms with Crippen LogP contribution in [0.15, 0.2) is 45.8 Å². The van der Waals surface area contributed by atoms with E-state index in [1.807, 2.05) is 19.1 Å². The van der Waals surface area contributed by atoms with Crippen LogP contribution in [0.2, 0.25) is 0 Å². The van der Waals surface area contributed by atoms with Crippen molar-refractivity contribution in [3.8, 4) is 11.5 Å². The van der Waals surface area contributed by atoms with Crippen molar-refractivity contribution in [3.05, 3.63) is 46.4 Å². The molecular weight excluding hydrogens is 370 g/mol. The van der Waals surface area contributed by atoms with Crippen LogP contribution in [-0.4, -0.2) is 21.6 Å². The minimum Gasteiger partial charge on any atom is -0.486 e. The zero-order valence-corrected chi connectivity index (χ0v) is 14.2. The molecule has 0 atom stereocenters. The van der Waals surface area contributed by atoms with Gasteiger partial charge in [0.15, 0.2) is 11.5 Å². The van der Waals surface area contributed by atoms with Gasteiger partial charge in [-0.15, -0.1) is 0 Å². The lowest BCUT2D eigenvalue weighted by molar-refractivity contribution is 0.171. The molecule has 5 nitrogen and oxygen atoms in total. The van der Waals surface area contributed by atoms with Gasteiger partial charge in [0.1, 0.15) is 18.1 Å². The van der Waals surface area contributed by atoms with E-state index in [4.69, 9.17) is 9.47 Å². The zero-order valence-electron chi connectivity index (χ0n) is 11.8. The SMILES string of the molecule is Cc1ccc(NS(=O)(=O)c2cc3c(cc2Br)OCCO3)cc1. The molecule has 2 aromatic rings. The number of fused-ring (bicyclic) bond motifs is 1. The Morgan fingerprint density at radius 1 is 1.05 bits per heavy atom. The van der Waals surface area contributed by atoms with E-state index in [0.29, 0.717) is 34.9 Å². The summed E-state index contributed by atoms with van der Waals surface area (Å²) in [6, 6.07) is 10.2. The Morgan fingerprint density at radius 2 is 1.64 bits per heavy atom. The van der Waals surface area contributed by atoms with Crippen molar-refractivity contribution < 1.29 is 17.9 Å². The van der Waals surface area contributed by atoms with E-state index in [0.717, 1.165) is 5.56 Å². The predicted octanol–water partition coefficient (Wildman–Crippen LogP) is 3.33. The average molecular weight is 384 g/mol. The summed E-state index contributed by atoms with van der Waals surface area (Å²) in [4.78, 5) is 0.109. The van der Waals surface area contributed by atoms with Crippen LogP contribution >= 0.6 is 15.9 Å². The first-order valence-corrected chi connectivity index (χ1v) is 8.92. The Kier molecular flexibility index (Phi) is 4.01. The van der Waals surface area contributed by atoms with Gasteiger partial charge in [-0.25, -0.2) is 8.42 Å². The van der Waals surface area contributed by atoms with Crippen LogP contribution in [0.4, 0.5) is 5.69 Å². The molecule has 0 aromatic heterocycles. The quantitative estimate of drug-likeness (QED) is 0.882. The maximum atomic E-state index is 12.6. The lowest BCUT2D eigenvalue weighted by Crippen LogP contribution is -2.18. The Balaban J connectivity index is 1.96. The highest BCUT2D eigenvalue weighted by Gasteiger charge is 2.23. The van der Waals surface area contributed by atoms with Crippen LogP contribution in [-0.2, 0) is 10.0 Å². The fraction of sp³-hybridized carbons (Fsp3) is 0.200. The van der Waals surface area contributed by atoms with Gasteiger partial charge in [0.2, 0.25) is 0 Å². The van der Waals surface area contributed by atoms with Gasteiger partial charge in [-0.1, -0.05) is 17.7 Å². The van der Waals surface area contributed by atoms with Gasteiger partial charge in [-0.3, -0.25) is 4.72 Å². The fourth-order valence-corrected chi connectivity index (χ4v) is 4.18. The number of nitrogens with one attached hydrogen (secondary N) is 1. The van der Waals surface area contributed by atoms with E-state index in [2.05, 4.69) is 20.7 Å². The molecule has 1 aliphatic heterocycles. The lowest BCUT2D eigenvalue weighted by atomic mass is 10.2. The lowest BCUT2D eigenvalue weighted by Gasteiger charge is -2.20. The second kappa shape index (κ2) is 5.81. The molecule has 1 N–H and O–H groups in total. The predicted molar refractivity (Wildman–Crippen MR) is 87.1 cm³/mol. The highest BCUT2D eigenvalue weighted by atomic mass is 79.9. The largest absolute Gasteiger partial charge is 0.486 e. The first kappa shape index (κ1) is 15.2. The van der Waals surface area contributed by atoms with Gasteiger partial charge < -0.3 is 9.47 Å². The highest BCUT2D eigenvalue weighted by molar-refractivity contribution is 9.10. The van der Waals surface area contributed by atoms with Crippen molar-refractivity contribution in [2.45, 2.75) is 11.8 Å². The van der Waals surface area contributed by atoms with Crippen LogP contribution in [0.25, 0.3) is 0 Å². The van der Waals surface area contributed by atoms with E-state index < -0.39 is 10.0 Å². The fourth-order valence-electron chi connectivity index (χ4n) is 2.08. The monoisotopic (exact) mass is 383 g/mol. The summed E-state index contributed by atoms with van der Waals surface area (Å²) in [7, 11) is -3.72. The summed E-state index contributed by atoms with van der Waals surface area (Å²) in [6.45, 7) is 2.79. The molecule has 0 fully saturated rings. The van der Waals surface area contributed by atoms with Gasteiger partial charge >= 0.3 is 0 Å². The molecule has 2 aromatic carbocycles. The Hall–Kier alpha value is -1.73. The van der Waals surface area contributed by atoms with E-state index in [-0.39, 0.29) is 4.90 Å². The molecule has 0 saturated heterocycles. The minimum absolute atomic E-state index is 0.109. The third kappa shape index (κ3) is 3.05. The standard InChI is InChI=1S/C15H14BrNO4S/c1-10-2-4-11(5-3-10)17-22(18,19)15-9-14-13(8-12(15)16)20-6-7-21-14/h2-5,8-9,17H,6-7H2,1H3. The third-order valence-electron chi connectivity index (χ3n) is 3.19. The van der Waals surface area contributed by atoms with Crippen molar-refractivity contribution in [3.63, 3.8) is 0 Å².